The Kier molecular flexibility index (Phi) is 5.46. The van der Waals surface area contributed by atoms with E-state index >= 15 is 0 Å². The Labute approximate surface area is 161 Å². The average Bonchev–Trinajstić information content (AvgIpc) is 2.89. The highest BCUT2D eigenvalue weighted by molar-refractivity contribution is 9.10. The van der Waals surface area contributed by atoms with Crippen LogP contribution in [0.2, 0.25) is 5.02 Å². The van der Waals surface area contributed by atoms with Gasteiger partial charge in [0.2, 0.25) is 5.91 Å². The number of thioether (sulfide) groups is 1. The molecule has 0 radical (unpaired) electrons. The van der Waals surface area contributed by atoms with E-state index in [1.54, 1.807) is 42.5 Å². The maximum atomic E-state index is 12.4. The largest absolute Gasteiger partial charge is 0.321 e. The summed E-state index contributed by atoms with van der Waals surface area (Å²) in [4.78, 5) is 37.0. The van der Waals surface area contributed by atoms with E-state index < -0.39 is 0 Å². The Bertz CT molecular complexity index is 859. The maximum absolute atomic E-state index is 12.4. The van der Waals surface area contributed by atoms with Gasteiger partial charge >= 0.3 is 0 Å². The molecule has 8 heteroatoms. The summed E-state index contributed by atoms with van der Waals surface area (Å²) >= 11 is 10.4. The molecular formula is C17H12BrClN2O3S. The fourth-order valence-electron chi connectivity index (χ4n) is 2.31. The molecule has 0 aromatic heterocycles. The number of imide groups is 1. The molecule has 3 amide bonds. The van der Waals surface area contributed by atoms with E-state index in [2.05, 4.69) is 21.2 Å². The number of hydrogen-bond donors (Lipinski definition) is 1. The van der Waals surface area contributed by atoms with Crippen LogP contribution in [0.3, 0.4) is 0 Å². The first-order valence-electron chi connectivity index (χ1n) is 7.26. The lowest BCUT2D eigenvalue weighted by atomic mass is 10.1. The Balaban J connectivity index is 1.75. The van der Waals surface area contributed by atoms with Crippen LogP contribution in [0.1, 0.15) is 15.9 Å². The predicted molar refractivity (Wildman–Crippen MR) is 102 cm³/mol. The van der Waals surface area contributed by atoms with Gasteiger partial charge in [-0.05, 0) is 35.9 Å². The minimum absolute atomic E-state index is 0.158. The van der Waals surface area contributed by atoms with Crippen molar-refractivity contribution in [2.24, 2.45) is 0 Å². The van der Waals surface area contributed by atoms with Gasteiger partial charge < -0.3 is 5.32 Å². The molecule has 1 N–H and O–H groups in total. The first-order valence-corrected chi connectivity index (χ1v) is 9.42. The molecule has 0 aliphatic carbocycles. The zero-order valence-electron chi connectivity index (χ0n) is 12.8. The third kappa shape index (κ3) is 4.23. The zero-order chi connectivity index (χ0) is 18.0. The van der Waals surface area contributed by atoms with Crippen LogP contribution < -0.4 is 5.32 Å². The molecule has 5 nitrogen and oxygen atoms in total. The SMILES string of the molecule is O=C(Nc1ccc(Br)cc1Cl)c1cccc(CN2C(=O)CSC2=O)c1. The molecule has 0 atom stereocenters. The second-order valence-electron chi connectivity index (χ2n) is 5.31. The molecule has 1 saturated heterocycles. The summed E-state index contributed by atoms with van der Waals surface area (Å²) in [5.41, 5.74) is 1.63. The summed E-state index contributed by atoms with van der Waals surface area (Å²) in [7, 11) is 0. The van der Waals surface area contributed by atoms with Crippen molar-refractivity contribution in [1.29, 1.82) is 0 Å². The molecule has 25 heavy (non-hydrogen) atoms. The van der Waals surface area contributed by atoms with Crippen LogP contribution in [0, 0.1) is 0 Å². The number of nitrogens with one attached hydrogen (secondary N) is 1. The van der Waals surface area contributed by atoms with Crippen LogP contribution in [0.5, 0.6) is 0 Å². The molecule has 0 spiro atoms. The molecule has 1 aliphatic rings. The normalized spacial score (nSPS) is 14.1. The van der Waals surface area contributed by atoms with E-state index in [1.807, 2.05) is 0 Å². The number of carbonyl (C=O) groups excluding carboxylic acids is 3. The summed E-state index contributed by atoms with van der Waals surface area (Å²) < 4.78 is 0.815. The molecule has 0 unspecified atom stereocenters. The molecule has 0 saturated carbocycles. The van der Waals surface area contributed by atoms with Crippen molar-refractivity contribution in [1.82, 2.24) is 4.90 Å². The van der Waals surface area contributed by atoms with Crippen LogP contribution in [-0.4, -0.2) is 27.7 Å². The van der Waals surface area contributed by atoms with Crippen LogP contribution in [-0.2, 0) is 11.3 Å². The topological polar surface area (TPSA) is 66.5 Å². The molecule has 3 rings (SSSR count). The number of amides is 3. The molecular weight excluding hydrogens is 428 g/mol. The van der Waals surface area contributed by atoms with Crippen molar-refractivity contribution in [3.63, 3.8) is 0 Å². The molecule has 1 heterocycles. The number of nitrogens with zero attached hydrogens (tertiary/aromatic N) is 1. The van der Waals surface area contributed by atoms with Crippen molar-refractivity contribution in [3.8, 4) is 0 Å². The fourth-order valence-corrected chi connectivity index (χ4v) is 3.76. The lowest BCUT2D eigenvalue weighted by Crippen LogP contribution is -2.28. The van der Waals surface area contributed by atoms with Crippen LogP contribution in [0.4, 0.5) is 10.5 Å². The zero-order valence-corrected chi connectivity index (χ0v) is 16.0. The number of hydrogen-bond acceptors (Lipinski definition) is 4. The number of benzene rings is 2. The van der Waals surface area contributed by atoms with E-state index in [9.17, 15) is 14.4 Å². The highest BCUT2D eigenvalue weighted by Crippen LogP contribution is 2.26. The summed E-state index contributed by atoms with van der Waals surface area (Å²) in [5, 5.41) is 2.91. The van der Waals surface area contributed by atoms with Crippen molar-refractivity contribution >= 4 is 62.0 Å². The Morgan fingerprint density at radius 2 is 2.04 bits per heavy atom. The lowest BCUT2D eigenvalue weighted by molar-refractivity contribution is -0.125. The number of anilines is 1. The van der Waals surface area contributed by atoms with Crippen LogP contribution in [0.15, 0.2) is 46.9 Å². The third-order valence-corrected chi connectivity index (χ3v) is 5.21. The van der Waals surface area contributed by atoms with E-state index in [1.165, 1.54) is 4.90 Å². The van der Waals surface area contributed by atoms with Crippen LogP contribution >= 0.6 is 39.3 Å². The van der Waals surface area contributed by atoms with Gasteiger partial charge in [0.15, 0.2) is 0 Å². The highest BCUT2D eigenvalue weighted by atomic mass is 79.9. The second-order valence-corrected chi connectivity index (χ2v) is 7.56. The predicted octanol–water partition coefficient (Wildman–Crippen LogP) is 4.55. The summed E-state index contributed by atoms with van der Waals surface area (Å²) in [6.45, 7) is 0.158. The van der Waals surface area contributed by atoms with Crippen molar-refractivity contribution in [2.45, 2.75) is 6.54 Å². The standard InChI is InChI=1S/C17H12BrClN2O3S/c18-12-4-5-14(13(19)7-12)20-16(23)11-3-1-2-10(6-11)8-21-15(22)9-25-17(21)24/h1-7H,8-9H2,(H,20,23). The van der Waals surface area contributed by atoms with E-state index in [-0.39, 0.29) is 29.4 Å². The van der Waals surface area contributed by atoms with Crippen molar-refractivity contribution in [2.75, 3.05) is 11.1 Å². The van der Waals surface area contributed by atoms with E-state index in [4.69, 9.17) is 11.6 Å². The molecule has 2 aromatic rings. The first kappa shape index (κ1) is 18.0. The lowest BCUT2D eigenvalue weighted by Gasteiger charge is -2.13. The molecule has 0 bridgehead atoms. The third-order valence-electron chi connectivity index (χ3n) is 3.55. The fraction of sp³-hybridized carbons (Fsp3) is 0.118. The minimum atomic E-state index is -0.320. The molecule has 2 aromatic carbocycles. The van der Waals surface area contributed by atoms with Crippen molar-refractivity contribution in [3.05, 3.63) is 63.1 Å². The van der Waals surface area contributed by atoms with Gasteiger partial charge in [-0.25, -0.2) is 0 Å². The Hall–Kier alpha value is -1.83. The summed E-state index contributed by atoms with van der Waals surface area (Å²) in [5.74, 6) is -0.368. The van der Waals surface area contributed by atoms with Gasteiger partial charge in [0.1, 0.15) is 0 Å². The first-order chi connectivity index (χ1) is 11.9. The van der Waals surface area contributed by atoms with E-state index in [0.29, 0.717) is 21.8 Å². The highest BCUT2D eigenvalue weighted by Gasteiger charge is 2.29. The second kappa shape index (κ2) is 7.59. The van der Waals surface area contributed by atoms with Gasteiger partial charge in [-0.15, -0.1) is 0 Å². The number of carbonyl (C=O) groups is 3. The number of rotatable bonds is 4. The molecule has 1 aliphatic heterocycles. The van der Waals surface area contributed by atoms with Gasteiger partial charge in [0.05, 0.1) is 23.0 Å². The quantitative estimate of drug-likeness (QED) is 0.759. The van der Waals surface area contributed by atoms with Gasteiger partial charge in [-0.2, -0.15) is 0 Å². The summed E-state index contributed by atoms with van der Waals surface area (Å²) in [6.07, 6.45) is 0. The van der Waals surface area contributed by atoms with Gasteiger partial charge in [0.25, 0.3) is 11.1 Å². The Morgan fingerprint density at radius 1 is 1.24 bits per heavy atom. The number of halogens is 2. The van der Waals surface area contributed by atoms with Gasteiger partial charge in [0, 0.05) is 10.0 Å². The average molecular weight is 440 g/mol. The molecule has 1 fully saturated rings. The smallest absolute Gasteiger partial charge is 0.289 e. The van der Waals surface area contributed by atoms with E-state index in [0.717, 1.165) is 16.2 Å². The monoisotopic (exact) mass is 438 g/mol. The van der Waals surface area contributed by atoms with Gasteiger partial charge in [-0.3, -0.25) is 19.3 Å². The van der Waals surface area contributed by atoms with Gasteiger partial charge in [-0.1, -0.05) is 51.4 Å². The van der Waals surface area contributed by atoms with Crippen molar-refractivity contribution < 1.29 is 14.4 Å². The maximum Gasteiger partial charge on any atom is 0.289 e. The van der Waals surface area contributed by atoms with Crippen LogP contribution in [0.25, 0.3) is 0 Å². The Morgan fingerprint density at radius 3 is 2.72 bits per heavy atom. The molecule has 128 valence electrons. The minimum Gasteiger partial charge on any atom is -0.321 e. The summed E-state index contributed by atoms with van der Waals surface area (Å²) in [6, 6.07) is 12.0.